The lowest BCUT2D eigenvalue weighted by Crippen LogP contribution is -2.67. The Labute approximate surface area is 200 Å². The van der Waals surface area contributed by atoms with Gasteiger partial charge in [-0.1, -0.05) is 88.4 Å². The Kier molecular flexibility index (Phi) is 7.46. The van der Waals surface area contributed by atoms with Crippen LogP contribution in [0.5, 0.6) is 0 Å². The Morgan fingerprint density at radius 2 is 1.55 bits per heavy atom. The van der Waals surface area contributed by atoms with Gasteiger partial charge in [0.05, 0.1) is 25.4 Å². The van der Waals surface area contributed by atoms with Gasteiger partial charge >= 0.3 is 0 Å². The third-order valence-corrected chi connectivity index (χ3v) is 12.5. The van der Waals surface area contributed by atoms with Crippen LogP contribution >= 0.6 is 0 Å². The number of hydrogen-bond donors (Lipinski definition) is 1. The van der Waals surface area contributed by atoms with Crippen LogP contribution in [0.3, 0.4) is 0 Å². The molecule has 1 N–H and O–H groups in total. The predicted molar refractivity (Wildman–Crippen MR) is 135 cm³/mol. The summed E-state index contributed by atoms with van der Waals surface area (Å²) in [5.74, 6) is -0.176. The van der Waals surface area contributed by atoms with Crippen LogP contribution in [0.4, 0.5) is 0 Å². The van der Waals surface area contributed by atoms with E-state index in [1.54, 1.807) is 0 Å². The SMILES string of the molecule is C[C@H]1CC[C@]2(CCC[C@@H](CO)O2)O[C@@H]1CO[Si](c1ccccc1)(c1ccccc1)C(C)(C)C. The summed E-state index contributed by atoms with van der Waals surface area (Å²) in [7, 11) is -2.61. The van der Waals surface area contributed by atoms with Crippen molar-refractivity contribution in [2.75, 3.05) is 13.2 Å². The molecule has 180 valence electrons. The van der Waals surface area contributed by atoms with Crippen LogP contribution in [0.1, 0.15) is 59.8 Å². The topological polar surface area (TPSA) is 47.9 Å². The Balaban J connectivity index is 1.64. The zero-order chi connectivity index (χ0) is 23.5. The maximum Gasteiger partial charge on any atom is 0.261 e. The lowest BCUT2D eigenvalue weighted by Gasteiger charge is -2.49. The highest BCUT2D eigenvalue weighted by Gasteiger charge is 2.52. The molecule has 0 aromatic heterocycles. The third kappa shape index (κ3) is 4.98. The number of hydrogen-bond acceptors (Lipinski definition) is 4. The number of aliphatic hydroxyl groups is 1. The first-order chi connectivity index (χ1) is 15.8. The molecule has 2 saturated heterocycles. The van der Waals surface area contributed by atoms with Gasteiger partial charge in [-0.15, -0.1) is 0 Å². The van der Waals surface area contributed by atoms with Gasteiger partial charge in [-0.25, -0.2) is 0 Å². The molecule has 2 aliphatic rings. The second-order valence-electron chi connectivity index (χ2n) is 10.9. The Morgan fingerprint density at radius 3 is 2.09 bits per heavy atom. The van der Waals surface area contributed by atoms with Gasteiger partial charge in [0.1, 0.15) is 0 Å². The predicted octanol–water partition coefficient (Wildman–Crippen LogP) is 4.64. The molecule has 4 nitrogen and oxygen atoms in total. The molecule has 4 rings (SSSR count). The molecule has 4 atom stereocenters. The average Bonchev–Trinajstić information content (AvgIpc) is 2.82. The summed E-state index contributed by atoms with van der Waals surface area (Å²) in [4.78, 5) is 0. The minimum atomic E-state index is -2.61. The van der Waals surface area contributed by atoms with Crippen LogP contribution in [0.25, 0.3) is 0 Å². The van der Waals surface area contributed by atoms with Crippen molar-refractivity contribution >= 4 is 18.7 Å². The summed E-state index contributed by atoms with van der Waals surface area (Å²) < 4.78 is 20.2. The fraction of sp³-hybridized carbons (Fsp3) is 0.571. The van der Waals surface area contributed by atoms with Crippen LogP contribution in [-0.2, 0) is 13.9 Å². The van der Waals surface area contributed by atoms with Crippen LogP contribution < -0.4 is 10.4 Å². The monoisotopic (exact) mass is 468 g/mol. The quantitative estimate of drug-likeness (QED) is 0.628. The zero-order valence-electron chi connectivity index (χ0n) is 20.6. The minimum absolute atomic E-state index is 0.0298. The molecule has 0 radical (unpaired) electrons. The summed E-state index contributed by atoms with van der Waals surface area (Å²) in [6.07, 6.45) is 4.62. The van der Waals surface area contributed by atoms with Crippen molar-refractivity contribution in [1.82, 2.24) is 0 Å². The van der Waals surface area contributed by atoms with Crippen molar-refractivity contribution in [1.29, 1.82) is 0 Å². The summed E-state index contributed by atoms with van der Waals surface area (Å²) >= 11 is 0. The highest BCUT2D eigenvalue weighted by atomic mass is 28.4. The largest absolute Gasteiger partial charge is 0.405 e. The minimum Gasteiger partial charge on any atom is -0.405 e. The van der Waals surface area contributed by atoms with Gasteiger partial charge in [-0.2, -0.15) is 0 Å². The molecular formula is C28H40O4Si. The zero-order valence-corrected chi connectivity index (χ0v) is 21.6. The first kappa shape index (κ1) is 24.6. The molecule has 0 unspecified atom stereocenters. The number of aliphatic hydroxyl groups excluding tert-OH is 1. The van der Waals surface area contributed by atoms with E-state index < -0.39 is 14.1 Å². The Morgan fingerprint density at radius 1 is 0.939 bits per heavy atom. The van der Waals surface area contributed by atoms with Crippen LogP contribution in [0.15, 0.2) is 60.7 Å². The van der Waals surface area contributed by atoms with Gasteiger partial charge in [0, 0.05) is 12.8 Å². The summed E-state index contributed by atoms with van der Waals surface area (Å²) in [6.45, 7) is 9.79. The fourth-order valence-electron chi connectivity index (χ4n) is 5.67. The summed E-state index contributed by atoms with van der Waals surface area (Å²) in [5, 5.41) is 12.2. The molecule has 1 spiro atoms. The van der Waals surface area contributed by atoms with Crippen LogP contribution in [0.2, 0.25) is 5.04 Å². The van der Waals surface area contributed by atoms with E-state index in [2.05, 4.69) is 88.4 Å². The highest BCUT2D eigenvalue weighted by Crippen LogP contribution is 2.42. The van der Waals surface area contributed by atoms with Gasteiger partial charge in [-0.05, 0) is 40.6 Å². The molecule has 2 fully saturated rings. The second-order valence-corrected chi connectivity index (χ2v) is 15.2. The van der Waals surface area contributed by atoms with E-state index in [-0.39, 0.29) is 23.9 Å². The standard InChI is InChI=1S/C28H40O4Si/c1-22-17-19-28(18-11-12-23(20-29)31-28)32-26(22)21-30-33(27(2,3)4,24-13-7-5-8-14-24)25-15-9-6-10-16-25/h5-10,13-16,22-23,26,29H,11-12,17-21H2,1-4H3/t22-,23-,26+,28-/m0/s1. The molecule has 2 aromatic rings. The number of benzene rings is 2. The summed E-state index contributed by atoms with van der Waals surface area (Å²) in [6, 6.07) is 21.5. The van der Waals surface area contributed by atoms with Gasteiger partial charge in [0.15, 0.2) is 5.79 Å². The van der Waals surface area contributed by atoms with Gasteiger partial charge in [0.2, 0.25) is 0 Å². The smallest absolute Gasteiger partial charge is 0.261 e. The highest BCUT2D eigenvalue weighted by molar-refractivity contribution is 6.99. The molecule has 33 heavy (non-hydrogen) atoms. The second kappa shape index (κ2) is 10.0. The van der Waals surface area contributed by atoms with Crippen molar-refractivity contribution in [2.24, 2.45) is 5.92 Å². The Bertz CT molecular complexity index is 842. The van der Waals surface area contributed by atoms with Crippen molar-refractivity contribution in [3.8, 4) is 0 Å². The Hall–Kier alpha value is -1.50. The third-order valence-electron chi connectivity index (χ3n) is 7.53. The summed E-state index contributed by atoms with van der Waals surface area (Å²) in [5.41, 5.74) is 0. The van der Waals surface area contributed by atoms with E-state index in [1.807, 2.05) is 0 Å². The van der Waals surface area contributed by atoms with Crippen LogP contribution in [0, 0.1) is 5.92 Å². The van der Waals surface area contributed by atoms with Gasteiger partial charge < -0.3 is 19.0 Å². The normalized spacial score (nSPS) is 28.7. The van der Waals surface area contributed by atoms with E-state index in [0.29, 0.717) is 12.5 Å². The van der Waals surface area contributed by atoms with Crippen molar-refractivity contribution in [2.45, 2.75) is 82.8 Å². The maximum atomic E-state index is 9.67. The lowest BCUT2D eigenvalue weighted by molar-refractivity contribution is -0.328. The van der Waals surface area contributed by atoms with E-state index in [9.17, 15) is 5.11 Å². The molecule has 0 amide bonds. The fourth-order valence-corrected chi connectivity index (χ4v) is 10.2. The number of rotatable bonds is 6. The molecule has 0 saturated carbocycles. The number of ether oxygens (including phenoxy) is 2. The van der Waals surface area contributed by atoms with E-state index in [1.165, 1.54) is 10.4 Å². The molecule has 0 aliphatic carbocycles. The first-order valence-corrected chi connectivity index (χ1v) is 14.4. The molecular weight excluding hydrogens is 428 g/mol. The molecule has 0 bridgehead atoms. The van der Waals surface area contributed by atoms with E-state index in [0.717, 1.165) is 32.1 Å². The van der Waals surface area contributed by atoms with E-state index in [4.69, 9.17) is 13.9 Å². The first-order valence-electron chi connectivity index (χ1n) is 12.5. The maximum absolute atomic E-state index is 9.67. The molecule has 5 heteroatoms. The molecule has 2 aromatic carbocycles. The van der Waals surface area contributed by atoms with Crippen molar-refractivity contribution < 1.29 is 19.0 Å². The van der Waals surface area contributed by atoms with Crippen LogP contribution in [-0.4, -0.2) is 44.6 Å². The lowest BCUT2D eigenvalue weighted by atomic mass is 9.88. The molecule has 2 aliphatic heterocycles. The van der Waals surface area contributed by atoms with Crippen molar-refractivity contribution in [3.05, 3.63) is 60.7 Å². The van der Waals surface area contributed by atoms with Gasteiger partial charge in [0.25, 0.3) is 8.32 Å². The average molecular weight is 469 g/mol. The van der Waals surface area contributed by atoms with Gasteiger partial charge in [-0.3, -0.25) is 0 Å². The van der Waals surface area contributed by atoms with Crippen molar-refractivity contribution in [3.63, 3.8) is 0 Å². The van der Waals surface area contributed by atoms with E-state index >= 15 is 0 Å². The molecule has 2 heterocycles.